The summed E-state index contributed by atoms with van der Waals surface area (Å²) in [5.74, 6) is 0.396. The number of carbonyl (C=O) groups excluding carboxylic acids is 1. The Hall–Kier alpha value is -3.42. The Morgan fingerprint density at radius 1 is 1.10 bits per heavy atom. The van der Waals surface area contributed by atoms with Crippen LogP contribution >= 0.6 is 0 Å². The van der Waals surface area contributed by atoms with Crippen LogP contribution < -0.4 is 11.2 Å². The molecule has 0 aliphatic carbocycles. The molecule has 0 aliphatic rings. The van der Waals surface area contributed by atoms with Gasteiger partial charge in [0.1, 0.15) is 0 Å². The van der Waals surface area contributed by atoms with E-state index in [9.17, 15) is 14.4 Å². The number of fused-ring (bicyclic) bond motifs is 3. The lowest BCUT2D eigenvalue weighted by atomic mass is 9.91. The molecule has 3 aromatic heterocycles. The molecule has 0 atom stereocenters. The SMILES string of the molecule is CC(C)n1c(-c2ccccc2)cn2c3c(=O)n(CC(=O)C(C)(C)C)c(=O)n(C)c3nc12. The summed E-state index contributed by atoms with van der Waals surface area (Å²) in [5.41, 5.74) is 0.800. The van der Waals surface area contributed by atoms with E-state index in [1.165, 1.54) is 4.57 Å². The molecule has 0 spiro atoms. The second-order valence-corrected chi connectivity index (χ2v) is 9.20. The third-order valence-electron chi connectivity index (χ3n) is 5.61. The first-order valence-corrected chi connectivity index (χ1v) is 10.3. The monoisotopic (exact) mass is 421 g/mol. The van der Waals surface area contributed by atoms with Gasteiger partial charge in [0.15, 0.2) is 16.9 Å². The summed E-state index contributed by atoms with van der Waals surface area (Å²) in [6.45, 7) is 9.14. The fraction of sp³-hybridized carbons (Fsp3) is 0.391. The Labute approximate surface area is 179 Å². The van der Waals surface area contributed by atoms with Crippen molar-refractivity contribution < 1.29 is 4.79 Å². The number of carbonyl (C=O) groups is 1. The van der Waals surface area contributed by atoms with Crippen LogP contribution in [0.25, 0.3) is 28.2 Å². The zero-order valence-corrected chi connectivity index (χ0v) is 18.7. The number of nitrogens with zero attached hydrogens (tertiary/aromatic N) is 5. The van der Waals surface area contributed by atoms with Crippen molar-refractivity contribution in [1.29, 1.82) is 0 Å². The van der Waals surface area contributed by atoms with E-state index in [2.05, 4.69) is 4.98 Å². The first-order chi connectivity index (χ1) is 14.5. The summed E-state index contributed by atoms with van der Waals surface area (Å²) in [7, 11) is 1.58. The number of ketones is 1. The third kappa shape index (κ3) is 3.22. The molecule has 31 heavy (non-hydrogen) atoms. The molecule has 3 heterocycles. The molecule has 0 bridgehead atoms. The molecule has 4 rings (SSSR count). The molecular formula is C23H27N5O3. The van der Waals surface area contributed by atoms with Crippen LogP contribution in [0.4, 0.5) is 0 Å². The van der Waals surface area contributed by atoms with Gasteiger partial charge in [-0.15, -0.1) is 0 Å². The van der Waals surface area contributed by atoms with Gasteiger partial charge in [0.25, 0.3) is 5.56 Å². The predicted octanol–water partition coefficient (Wildman–Crippen LogP) is 3.01. The standard InChI is InChI=1S/C23H27N5O3/c1-14(2)28-16(15-10-8-7-9-11-15)12-26-18-19(24-21(26)28)25(6)22(31)27(20(18)30)13-17(29)23(3,4)5/h7-12,14H,13H2,1-6H3. The summed E-state index contributed by atoms with van der Waals surface area (Å²) in [4.78, 5) is 43.5. The fourth-order valence-electron chi connectivity index (χ4n) is 3.76. The average Bonchev–Trinajstić information content (AvgIpc) is 3.25. The number of aryl methyl sites for hydroxylation is 1. The van der Waals surface area contributed by atoms with Gasteiger partial charge in [-0.3, -0.25) is 23.1 Å². The predicted molar refractivity (Wildman–Crippen MR) is 120 cm³/mol. The summed E-state index contributed by atoms with van der Waals surface area (Å²) >= 11 is 0. The van der Waals surface area contributed by atoms with E-state index in [0.29, 0.717) is 11.4 Å². The van der Waals surface area contributed by atoms with E-state index in [1.807, 2.05) is 54.9 Å². The molecule has 0 fully saturated rings. The van der Waals surface area contributed by atoms with E-state index in [-0.39, 0.29) is 23.9 Å². The lowest BCUT2D eigenvalue weighted by molar-refractivity contribution is -0.127. The summed E-state index contributed by atoms with van der Waals surface area (Å²) < 4.78 is 6.13. The molecule has 0 aliphatic heterocycles. The Balaban J connectivity index is 2.06. The van der Waals surface area contributed by atoms with Gasteiger partial charge in [0, 0.05) is 24.7 Å². The Kier molecular flexibility index (Phi) is 4.76. The Morgan fingerprint density at radius 2 is 1.74 bits per heavy atom. The number of hydrogen-bond acceptors (Lipinski definition) is 4. The minimum atomic E-state index is -0.659. The number of Topliss-reactive ketones (excluding diaryl/α,β-unsaturated/α-hetero) is 1. The Morgan fingerprint density at radius 3 is 2.32 bits per heavy atom. The zero-order valence-electron chi connectivity index (χ0n) is 18.7. The van der Waals surface area contributed by atoms with Crippen LogP contribution in [0.5, 0.6) is 0 Å². The largest absolute Gasteiger partial charge is 0.332 e. The quantitative estimate of drug-likeness (QED) is 0.507. The van der Waals surface area contributed by atoms with Crippen molar-refractivity contribution in [2.75, 3.05) is 0 Å². The molecule has 0 N–H and O–H groups in total. The van der Waals surface area contributed by atoms with Crippen molar-refractivity contribution in [2.24, 2.45) is 12.5 Å². The molecule has 0 saturated carbocycles. The van der Waals surface area contributed by atoms with Crippen LogP contribution in [0.1, 0.15) is 40.7 Å². The highest BCUT2D eigenvalue weighted by molar-refractivity contribution is 5.84. The van der Waals surface area contributed by atoms with Gasteiger partial charge in [0.2, 0.25) is 5.78 Å². The van der Waals surface area contributed by atoms with E-state index in [4.69, 9.17) is 0 Å². The van der Waals surface area contributed by atoms with Crippen LogP contribution in [0.3, 0.4) is 0 Å². The zero-order chi connectivity index (χ0) is 22.7. The van der Waals surface area contributed by atoms with Crippen LogP contribution in [-0.4, -0.2) is 28.9 Å². The highest BCUT2D eigenvalue weighted by Crippen LogP contribution is 2.28. The third-order valence-corrected chi connectivity index (χ3v) is 5.61. The minimum Gasteiger partial charge on any atom is -0.307 e. The van der Waals surface area contributed by atoms with Gasteiger partial charge >= 0.3 is 5.69 Å². The molecule has 8 nitrogen and oxygen atoms in total. The summed E-state index contributed by atoms with van der Waals surface area (Å²) in [5, 5.41) is 0. The highest BCUT2D eigenvalue weighted by Gasteiger charge is 2.26. The number of imidazole rings is 2. The van der Waals surface area contributed by atoms with Gasteiger partial charge < -0.3 is 4.57 Å². The number of rotatable bonds is 4. The van der Waals surface area contributed by atoms with Crippen LogP contribution in [0, 0.1) is 5.41 Å². The van der Waals surface area contributed by atoms with Gasteiger partial charge in [-0.25, -0.2) is 4.79 Å². The van der Waals surface area contributed by atoms with E-state index >= 15 is 0 Å². The molecule has 0 saturated heterocycles. The molecule has 0 radical (unpaired) electrons. The van der Waals surface area contributed by atoms with Gasteiger partial charge in [-0.2, -0.15) is 4.98 Å². The minimum absolute atomic E-state index is 0.0752. The molecule has 0 amide bonds. The lowest BCUT2D eigenvalue weighted by Gasteiger charge is -2.17. The maximum absolute atomic E-state index is 13.4. The van der Waals surface area contributed by atoms with Crippen LogP contribution in [0.15, 0.2) is 46.1 Å². The van der Waals surface area contributed by atoms with Crippen molar-refractivity contribution >= 4 is 22.7 Å². The number of aromatic nitrogens is 5. The molecule has 0 unspecified atom stereocenters. The fourth-order valence-corrected chi connectivity index (χ4v) is 3.76. The molecule has 1 aromatic carbocycles. The molecule has 162 valence electrons. The van der Waals surface area contributed by atoms with Crippen LogP contribution in [0.2, 0.25) is 0 Å². The Bertz CT molecular complexity index is 1430. The molecule has 8 heteroatoms. The van der Waals surface area contributed by atoms with Crippen LogP contribution in [-0.2, 0) is 18.4 Å². The normalized spacial score (nSPS) is 12.4. The van der Waals surface area contributed by atoms with Crippen molar-refractivity contribution in [1.82, 2.24) is 23.1 Å². The van der Waals surface area contributed by atoms with Crippen molar-refractivity contribution in [3.05, 3.63) is 57.4 Å². The highest BCUT2D eigenvalue weighted by atomic mass is 16.2. The molecular weight excluding hydrogens is 394 g/mol. The van der Waals surface area contributed by atoms with Crippen molar-refractivity contribution in [3.8, 4) is 11.3 Å². The lowest BCUT2D eigenvalue weighted by Crippen LogP contribution is -2.42. The van der Waals surface area contributed by atoms with Crippen molar-refractivity contribution in [2.45, 2.75) is 47.2 Å². The summed E-state index contributed by atoms with van der Waals surface area (Å²) in [6, 6.07) is 9.96. The second-order valence-electron chi connectivity index (χ2n) is 9.20. The second kappa shape index (κ2) is 7.08. The number of benzene rings is 1. The van der Waals surface area contributed by atoms with Gasteiger partial charge in [-0.05, 0) is 19.4 Å². The van der Waals surface area contributed by atoms with Gasteiger partial charge in [0.05, 0.1) is 12.2 Å². The van der Waals surface area contributed by atoms with E-state index in [1.54, 1.807) is 32.2 Å². The maximum atomic E-state index is 13.4. The van der Waals surface area contributed by atoms with E-state index < -0.39 is 16.7 Å². The maximum Gasteiger partial charge on any atom is 0.332 e. The topological polar surface area (TPSA) is 83.3 Å². The first kappa shape index (κ1) is 20.8. The smallest absolute Gasteiger partial charge is 0.307 e. The average molecular weight is 422 g/mol. The van der Waals surface area contributed by atoms with E-state index in [0.717, 1.165) is 15.8 Å². The number of hydrogen-bond donors (Lipinski definition) is 0. The first-order valence-electron chi connectivity index (χ1n) is 10.3. The van der Waals surface area contributed by atoms with Crippen molar-refractivity contribution in [3.63, 3.8) is 0 Å². The summed E-state index contributed by atoms with van der Waals surface area (Å²) in [6.07, 6.45) is 1.88. The van der Waals surface area contributed by atoms with Gasteiger partial charge in [-0.1, -0.05) is 51.1 Å². The molecule has 4 aromatic rings.